The Kier molecular flexibility index (Phi) is 7.78. The molecule has 3 aromatic rings. The van der Waals surface area contributed by atoms with Gasteiger partial charge in [-0.1, -0.05) is 0 Å². The molecule has 0 bridgehead atoms. The first-order valence-electron chi connectivity index (χ1n) is 9.86. The predicted molar refractivity (Wildman–Crippen MR) is 125 cm³/mol. The smallest absolute Gasteiger partial charge is 0.337 e. The molecule has 168 valence electrons. The molecule has 0 unspecified atom stereocenters. The summed E-state index contributed by atoms with van der Waals surface area (Å²) in [6, 6.07) is 14.1. The monoisotopic (exact) mass is 463 g/mol. The number of hydrogen-bond acceptors (Lipinski definition) is 9. The van der Waals surface area contributed by atoms with E-state index in [9.17, 15) is 14.9 Å². The van der Waals surface area contributed by atoms with Gasteiger partial charge in [0.05, 0.1) is 37.6 Å². The van der Waals surface area contributed by atoms with Crippen LogP contribution >= 0.6 is 11.3 Å². The van der Waals surface area contributed by atoms with Crippen molar-refractivity contribution in [3.05, 3.63) is 70.2 Å². The van der Waals surface area contributed by atoms with Gasteiger partial charge < -0.3 is 19.5 Å². The summed E-state index contributed by atoms with van der Waals surface area (Å²) in [5, 5.41) is 15.0. The number of thiazole rings is 1. The number of carbonyl (C=O) groups is 2. The van der Waals surface area contributed by atoms with Crippen molar-refractivity contribution in [2.45, 2.75) is 6.92 Å². The molecule has 0 radical (unpaired) electrons. The number of esters is 2. The zero-order valence-corrected chi connectivity index (χ0v) is 19.1. The van der Waals surface area contributed by atoms with Gasteiger partial charge in [0.1, 0.15) is 22.4 Å². The second-order valence-corrected chi connectivity index (χ2v) is 7.45. The summed E-state index contributed by atoms with van der Waals surface area (Å²) < 4.78 is 14.9. The van der Waals surface area contributed by atoms with Gasteiger partial charge in [0.15, 0.2) is 0 Å². The second kappa shape index (κ2) is 10.9. The van der Waals surface area contributed by atoms with Crippen LogP contribution in [0.5, 0.6) is 5.75 Å². The number of nitriles is 1. The number of carbonyl (C=O) groups excluding carboxylic acids is 2. The van der Waals surface area contributed by atoms with E-state index < -0.39 is 11.9 Å². The Morgan fingerprint density at radius 2 is 1.73 bits per heavy atom. The third kappa shape index (κ3) is 5.75. The lowest BCUT2D eigenvalue weighted by Gasteiger charge is -2.08. The van der Waals surface area contributed by atoms with Gasteiger partial charge in [0, 0.05) is 22.8 Å². The molecule has 2 aromatic carbocycles. The quantitative estimate of drug-likeness (QED) is 0.376. The van der Waals surface area contributed by atoms with Crippen LogP contribution in [-0.4, -0.2) is 37.7 Å². The Morgan fingerprint density at radius 1 is 1.09 bits per heavy atom. The molecule has 0 saturated heterocycles. The van der Waals surface area contributed by atoms with Crippen LogP contribution in [0, 0.1) is 11.3 Å². The molecule has 0 fully saturated rings. The van der Waals surface area contributed by atoms with Crippen molar-refractivity contribution >= 4 is 34.5 Å². The molecule has 0 aliphatic carbocycles. The molecule has 1 heterocycles. The van der Waals surface area contributed by atoms with Crippen molar-refractivity contribution in [2.24, 2.45) is 0 Å². The van der Waals surface area contributed by atoms with E-state index in [-0.39, 0.29) is 11.1 Å². The molecule has 9 heteroatoms. The number of methoxy groups -OCH3 is 2. The number of allylic oxidation sites excluding steroid dienone is 1. The normalized spacial score (nSPS) is 10.8. The minimum atomic E-state index is -0.604. The molecule has 1 aromatic heterocycles. The largest absolute Gasteiger partial charge is 0.494 e. The lowest BCUT2D eigenvalue weighted by Crippen LogP contribution is -2.07. The van der Waals surface area contributed by atoms with Crippen LogP contribution in [0.3, 0.4) is 0 Å². The summed E-state index contributed by atoms with van der Waals surface area (Å²) in [6.07, 6.45) is 1.47. The molecule has 3 rings (SSSR count). The van der Waals surface area contributed by atoms with Crippen LogP contribution in [0.15, 0.2) is 54.0 Å². The van der Waals surface area contributed by atoms with Crippen molar-refractivity contribution in [1.82, 2.24) is 4.98 Å². The Morgan fingerprint density at radius 3 is 2.27 bits per heavy atom. The molecule has 1 N–H and O–H groups in total. The van der Waals surface area contributed by atoms with Crippen LogP contribution in [0.2, 0.25) is 0 Å². The number of ether oxygens (including phenoxy) is 3. The van der Waals surface area contributed by atoms with Crippen LogP contribution < -0.4 is 10.1 Å². The summed E-state index contributed by atoms with van der Waals surface area (Å²) in [6.45, 7) is 2.51. The number of nitrogens with one attached hydrogen (secondary N) is 1. The maximum atomic E-state index is 12.0. The van der Waals surface area contributed by atoms with Gasteiger partial charge in [0.2, 0.25) is 0 Å². The molecule has 0 aliphatic heterocycles. The van der Waals surface area contributed by atoms with Crippen molar-refractivity contribution in [2.75, 3.05) is 26.1 Å². The predicted octanol–water partition coefficient (Wildman–Crippen LogP) is 4.76. The van der Waals surface area contributed by atoms with E-state index in [4.69, 9.17) is 14.2 Å². The van der Waals surface area contributed by atoms with Gasteiger partial charge in [-0.3, -0.25) is 0 Å². The number of anilines is 1. The SMILES string of the molecule is CCOc1ccc(-c2csc(C(C#N)=CNc3cc(C(=O)OC)cc(C(=O)OC)c3)n2)cc1. The zero-order chi connectivity index (χ0) is 23.8. The van der Waals surface area contributed by atoms with Crippen molar-refractivity contribution in [1.29, 1.82) is 5.26 Å². The first-order chi connectivity index (χ1) is 16.0. The van der Waals surface area contributed by atoms with Crippen molar-refractivity contribution in [3.63, 3.8) is 0 Å². The molecule has 0 saturated carbocycles. The lowest BCUT2D eigenvalue weighted by atomic mass is 10.1. The van der Waals surface area contributed by atoms with Gasteiger partial charge in [0.25, 0.3) is 0 Å². The van der Waals surface area contributed by atoms with E-state index in [1.54, 1.807) is 0 Å². The highest BCUT2D eigenvalue weighted by molar-refractivity contribution is 7.11. The zero-order valence-electron chi connectivity index (χ0n) is 18.2. The minimum absolute atomic E-state index is 0.168. The van der Waals surface area contributed by atoms with Gasteiger partial charge >= 0.3 is 11.9 Å². The van der Waals surface area contributed by atoms with Gasteiger partial charge in [-0.05, 0) is 49.4 Å². The average Bonchev–Trinajstić information content (AvgIpc) is 3.34. The van der Waals surface area contributed by atoms with Crippen LogP contribution in [0.25, 0.3) is 16.8 Å². The summed E-state index contributed by atoms with van der Waals surface area (Å²) in [5.74, 6) is -0.430. The summed E-state index contributed by atoms with van der Waals surface area (Å²) in [4.78, 5) is 28.5. The fourth-order valence-corrected chi connectivity index (χ4v) is 3.69. The van der Waals surface area contributed by atoms with E-state index >= 15 is 0 Å². The molecule has 0 spiro atoms. The van der Waals surface area contributed by atoms with E-state index in [0.29, 0.717) is 22.9 Å². The lowest BCUT2D eigenvalue weighted by molar-refractivity contribution is 0.0599. The molecule has 0 aliphatic rings. The molecular formula is C24H21N3O5S. The fraction of sp³-hybridized carbons (Fsp3) is 0.167. The summed E-state index contributed by atoms with van der Waals surface area (Å²) in [5.41, 5.74) is 2.68. The van der Waals surface area contributed by atoms with E-state index in [2.05, 4.69) is 16.4 Å². The number of rotatable bonds is 8. The maximum Gasteiger partial charge on any atom is 0.337 e. The maximum absolute atomic E-state index is 12.0. The summed E-state index contributed by atoms with van der Waals surface area (Å²) in [7, 11) is 2.50. The minimum Gasteiger partial charge on any atom is -0.494 e. The Balaban J connectivity index is 1.85. The number of aromatic nitrogens is 1. The topological polar surface area (TPSA) is 111 Å². The van der Waals surface area contributed by atoms with Crippen molar-refractivity contribution in [3.8, 4) is 23.1 Å². The van der Waals surface area contributed by atoms with Crippen LogP contribution in [0.4, 0.5) is 5.69 Å². The van der Waals surface area contributed by atoms with Gasteiger partial charge in [-0.15, -0.1) is 11.3 Å². The van der Waals surface area contributed by atoms with Gasteiger partial charge in [-0.2, -0.15) is 5.26 Å². The highest BCUT2D eigenvalue weighted by Crippen LogP contribution is 2.27. The molecule has 0 amide bonds. The van der Waals surface area contributed by atoms with E-state index in [1.165, 1.54) is 50.0 Å². The molecule has 0 atom stereocenters. The highest BCUT2D eigenvalue weighted by atomic mass is 32.1. The van der Waals surface area contributed by atoms with E-state index in [1.807, 2.05) is 36.6 Å². The molecule has 8 nitrogen and oxygen atoms in total. The Labute approximate surface area is 195 Å². The van der Waals surface area contributed by atoms with Crippen molar-refractivity contribution < 1.29 is 23.8 Å². The fourth-order valence-electron chi connectivity index (χ4n) is 2.90. The molecular weight excluding hydrogens is 442 g/mol. The third-order valence-corrected chi connectivity index (χ3v) is 5.35. The average molecular weight is 464 g/mol. The number of nitrogens with zero attached hydrogens (tertiary/aromatic N) is 2. The Hall–Kier alpha value is -4.16. The first-order valence-corrected chi connectivity index (χ1v) is 10.7. The Bertz CT molecular complexity index is 1190. The summed E-state index contributed by atoms with van der Waals surface area (Å²) >= 11 is 1.33. The standard InChI is InChI=1S/C24H21N3O5S/c1-4-32-20-7-5-15(6-8-20)21-14-33-22(27-21)18(12-25)13-26-19-10-16(23(28)30-2)9-17(11-19)24(29)31-3/h5-11,13-14,26H,4H2,1-3H3. The van der Waals surface area contributed by atoms with Gasteiger partial charge in [-0.25, -0.2) is 14.6 Å². The van der Waals surface area contributed by atoms with Crippen LogP contribution in [-0.2, 0) is 9.47 Å². The van der Waals surface area contributed by atoms with E-state index in [0.717, 1.165) is 17.0 Å². The third-order valence-electron chi connectivity index (χ3n) is 4.47. The number of benzene rings is 2. The second-order valence-electron chi connectivity index (χ2n) is 6.59. The molecule has 33 heavy (non-hydrogen) atoms. The number of hydrogen-bond donors (Lipinski definition) is 1. The first kappa shape index (κ1) is 23.5. The van der Waals surface area contributed by atoms with Crippen LogP contribution in [0.1, 0.15) is 32.6 Å². The highest BCUT2D eigenvalue weighted by Gasteiger charge is 2.14.